The molecule has 1 aromatic carbocycles. The van der Waals surface area contributed by atoms with E-state index in [0.717, 1.165) is 18.4 Å². The molecule has 1 saturated carbocycles. The van der Waals surface area contributed by atoms with Crippen LogP contribution in [0.1, 0.15) is 49.7 Å². The van der Waals surface area contributed by atoms with Crippen LogP contribution in [0.4, 0.5) is 0 Å². The molecule has 1 aliphatic carbocycles. The van der Waals surface area contributed by atoms with Gasteiger partial charge in [-0.05, 0) is 56.2 Å². The molecule has 0 heterocycles. The summed E-state index contributed by atoms with van der Waals surface area (Å²) < 4.78 is 0. The Hall–Kier alpha value is -0.820. The van der Waals surface area contributed by atoms with E-state index in [-0.39, 0.29) is 0 Å². The van der Waals surface area contributed by atoms with Gasteiger partial charge in [-0.3, -0.25) is 0 Å². The van der Waals surface area contributed by atoms with Crippen LogP contribution < -0.4 is 5.32 Å². The highest BCUT2D eigenvalue weighted by atomic mass is 14.9. The molecule has 16 heavy (non-hydrogen) atoms. The van der Waals surface area contributed by atoms with Gasteiger partial charge in [0.1, 0.15) is 0 Å². The van der Waals surface area contributed by atoms with Gasteiger partial charge in [0.15, 0.2) is 0 Å². The van der Waals surface area contributed by atoms with Crippen LogP contribution in [0, 0.1) is 0 Å². The first kappa shape index (κ1) is 11.7. The summed E-state index contributed by atoms with van der Waals surface area (Å²) in [4.78, 5) is 0. The largest absolute Gasteiger partial charge is 0.317 e. The predicted octanol–water partition coefficient (Wildman–Crippen LogP) is 3.49. The van der Waals surface area contributed by atoms with Crippen LogP contribution in [0.3, 0.4) is 0 Å². The molecule has 88 valence electrons. The zero-order valence-corrected chi connectivity index (χ0v) is 10.5. The van der Waals surface area contributed by atoms with Gasteiger partial charge >= 0.3 is 0 Å². The molecule has 1 N–H and O–H groups in total. The normalized spacial score (nSPS) is 25.6. The Labute approximate surface area is 99.3 Å². The van der Waals surface area contributed by atoms with Crippen LogP contribution in [-0.4, -0.2) is 13.1 Å². The fourth-order valence-corrected chi connectivity index (χ4v) is 2.74. The first-order chi connectivity index (χ1) is 7.83. The lowest BCUT2D eigenvalue weighted by Gasteiger charge is -2.28. The third kappa shape index (κ3) is 2.65. The third-order valence-electron chi connectivity index (χ3n) is 3.99. The molecular weight excluding hydrogens is 194 g/mol. The first-order valence-corrected chi connectivity index (χ1v) is 6.59. The second-order valence-electron chi connectivity index (χ2n) is 4.93. The van der Waals surface area contributed by atoms with E-state index in [1.54, 1.807) is 5.56 Å². The number of hydrogen-bond donors (Lipinski definition) is 1. The van der Waals surface area contributed by atoms with E-state index in [2.05, 4.69) is 43.6 Å². The maximum Gasteiger partial charge on any atom is 0.00644 e. The van der Waals surface area contributed by atoms with Gasteiger partial charge in [-0.2, -0.15) is 0 Å². The molecule has 0 saturated heterocycles. The molecule has 1 heteroatoms. The van der Waals surface area contributed by atoms with Crippen molar-refractivity contribution in [3.8, 4) is 0 Å². The van der Waals surface area contributed by atoms with Gasteiger partial charge in [0.25, 0.3) is 0 Å². The van der Waals surface area contributed by atoms with Gasteiger partial charge in [0.2, 0.25) is 0 Å². The predicted molar refractivity (Wildman–Crippen MR) is 69.9 cm³/mol. The summed E-state index contributed by atoms with van der Waals surface area (Å²) in [6.07, 6.45) is 6.49. The van der Waals surface area contributed by atoms with Crippen molar-refractivity contribution in [3.63, 3.8) is 0 Å². The van der Waals surface area contributed by atoms with Crippen LogP contribution in [0.2, 0.25) is 0 Å². The molecule has 1 nitrogen and oxygen atoms in total. The minimum Gasteiger partial charge on any atom is -0.317 e. The van der Waals surface area contributed by atoms with Crippen LogP contribution in [0.25, 0.3) is 0 Å². The van der Waals surface area contributed by atoms with Crippen LogP contribution in [0.15, 0.2) is 24.3 Å². The molecule has 0 aliphatic heterocycles. The molecular formula is C15H23N. The Morgan fingerprint density at radius 3 is 2.19 bits per heavy atom. The van der Waals surface area contributed by atoms with Crippen LogP contribution >= 0.6 is 0 Å². The van der Waals surface area contributed by atoms with Gasteiger partial charge in [-0.1, -0.05) is 31.2 Å². The Balaban J connectivity index is 1.97. The Morgan fingerprint density at radius 1 is 1.06 bits per heavy atom. The van der Waals surface area contributed by atoms with E-state index in [1.807, 2.05) is 0 Å². The minimum atomic E-state index is 0.756. The maximum absolute atomic E-state index is 3.39. The summed E-state index contributed by atoms with van der Waals surface area (Å²) in [6.45, 7) is 2.22. The summed E-state index contributed by atoms with van der Waals surface area (Å²) in [6, 6.07) is 10.0. The smallest absolute Gasteiger partial charge is 0.00644 e. The lowest BCUT2D eigenvalue weighted by molar-refractivity contribution is 0.359. The Kier molecular flexibility index (Phi) is 4.00. The van der Waals surface area contributed by atoms with Crippen LogP contribution in [0.5, 0.6) is 0 Å². The number of aryl methyl sites for hydroxylation is 1. The molecule has 0 bridgehead atoms. The van der Waals surface area contributed by atoms with Crippen molar-refractivity contribution < 1.29 is 0 Å². The van der Waals surface area contributed by atoms with E-state index in [4.69, 9.17) is 0 Å². The fourth-order valence-electron chi connectivity index (χ4n) is 2.74. The van der Waals surface area contributed by atoms with Crippen molar-refractivity contribution in [1.82, 2.24) is 5.32 Å². The molecule has 0 radical (unpaired) electrons. The number of nitrogens with one attached hydrogen (secondary N) is 1. The summed E-state index contributed by atoms with van der Waals surface area (Å²) in [5.41, 5.74) is 3.00. The van der Waals surface area contributed by atoms with Crippen molar-refractivity contribution >= 4 is 0 Å². The van der Waals surface area contributed by atoms with Gasteiger partial charge in [0, 0.05) is 6.04 Å². The lowest BCUT2D eigenvalue weighted by Crippen LogP contribution is -2.29. The maximum atomic E-state index is 3.39. The lowest BCUT2D eigenvalue weighted by atomic mass is 9.81. The van der Waals surface area contributed by atoms with E-state index in [1.165, 1.54) is 31.2 Å². The Morgan fingerprint density at radius 2 is 1.69 bits per heavy atom. The average Bonchev–Trinajstić information content (AvgIpc) is 2.39. The quantitative estimate of drug-likeness (QED) is 0.817. The zero-order valence-electron chi connectivity index (χ0n) is 10.5. The highest BCUT2D eigenvalue weighted by molar-refractivity contribution is 5.25. The van der Waals surface area contributed by atoms with Gasteiger partial charge < -0.3 is 5.32 Å². The highest BCUT2D eigenvalue weighted by Crippen LogP contribution is 2.32. The number of hydrogen-bond acceptors (Lipinski definition) is 1. The molecule has 1 aromatic rings. The summed E-state index contributed by atoms with van der Waals surface area (Å²) in [7, 11) is 2.08. The van der Waals surface area contributed by atoms with Crippen molar-refractivity contribution in [1.29, 1.82) is 0 Å². The van der Waals surface area contributed by atoms with Crippen LogP contribution in [-0.2, 0) is 6.42 Å². The second kappa shape index (κ2) is 5.49. The molecule has 0 spiro atoms. The number of benzene rings is 1. The van der Waals surface area contributed by atoms with E-state index >= 15 is 0 Å². The third-order valence-corrected chi connectivity index (χ3v) is 3.99. The van der Waals surface area contributed by atoms with Crippen molar-refractivity contribution in [2.45, 2.75) is 51.0 Å². The fraction of sp³-hybridized carbons (Fsp3) is 0.600. The SMILES string of the molecule is CCc1ccc(C2CCC(NC)CC2)cc1. The van der Waals surface area contributed by atoms with E-state index in [9.17, 15) is 0 Å². The van der Waals surface area contributed by atoms with Crippen molar-refractivity contribution in [2.24, 2.45) is 0 Å². The summed E-state index contributed by atoms with van der Waals surface area (Å²) in [5.74, 6) is 0.801. The molecule has 0 unspecified atom stereocenters. The topological polar surface area (TPSA) is 12.0 Å². The molecule has 0 amide bonds. The summed E-state index contributed by atoms with van der Waals surface area (Å²) in [5, 5.41) is 3.39. The second-order valence-corrected chi connectivity index (χ2v) is 4.93. The standard InChI is InChI=1S/C15H23N/c1-3-12-4-6-13(7-5-12)14-8-10-15(16-2)11-9-14/h4-7,14-16H,3,8-11H2,1-2H3. The molecule has 0 aromatic heterocycles. The molecule has 1 aliphatic rings. The zero-order chi connectivity index (χ0) is 11.4. The average molecular weight is 217 g/mol. The number of rotatable bonds is 3. The first-order valence-electron chi connectivity index (χ1n) is 6.59. The monoisotopic (exact) mass is 217 g/mol. The van der Waals surface area contributed by atoms with E-state index in [0.29, 0.717) is 0 Å². The van der Waals surface area contributed by atoms with Crippen molar-refractivity contribution in [2.75, 3.05) is 7.05 Å². The summed E-state index contributed by atoms with van der Waals surface area (Å²) >= 11 is 0. The molecule has 1 fully saturated rings. The van der Waals surface area contributed by atoms with Gasteiger partial charge in [-0.15, -0.1) is 0 Å². The molecule has 2 rings (SSSR count). The minimum absolute atomic E-state index is 0.756. The van der Waals surface area contributed by atoms with Crippen molar-refractivity contribution in [3.05, 3.63) is 35.4 Å². The van der Waals surface area contributed by atoms with E-state index < -0.39 is 0 Å². The van der Waals surface area contributed by atoms with Gasteiger partial charge in [0.05, 0.1) is 0 Å². The Bertz CT molecular complexity index is 307. The highest BCUT2D eigenvalue weighted by Gasteiger charge is 2.20. The molecule has 0 atom stereocenters. The van der Waals surface area contributed by atoms with Gasteiger partial charge in [-0.25, -0.2) is 0 Å².